The second kappa shape index (κ2) is 9.86. The molecule has 0 saturated heterocycles. The number of halogens is 1. The summed E-state index contributed by atoms with van der Waals surface area (Å²) < 4.78 is 0. The highest BCUT2D eigenvalue weighted by molar-refractivity contribution is 8.04. The molecule has 3 aromatic carbocycles. The third kappa shape index (κ3) is 4.70. The second-order valence-electron chi connectivity index (χ2n) is 8.01. The first-order chi connectivity index (χ1) is 15.9. The molecular formula is C27H25ClN2O2S. The lowest BCUT2D eigenvalue weighted by Gasteiger charge is -2.24. The molecule has 0 radical (unpaired) electrons. The Kier molecular flexibility index (Phi) is 6.91. The Morgan fingerprint density at radius 1 is 0.879 bits per heavy atom. The van der Waals surface area contributed by atoms with Gasteiger partial charge in [0.25, 0.3) is 11.8 Å². The molecule has 0 N–H and O–H groups in total. The number of imide groups is 1. The first-order valence-electron chi connectivity index (χ1n) is 10.9. The molecule has 0 bridgehead atoms. The lowest BCUT2D eigenvalue weighted by Crippen LogP contribution is -2.35. The van der Waals surface area contributed by atoms with Gasteiger partial charge in [-0.1, -0.05) is 67.5 Å². The molecule has 6 heteroatoms. The van der Waals surface area contributed by atoms with Crippen LogP contribution in [0, 0.1) is 0 Å². The summed E-state index contributed by atoms with van der Waals surface area (Å²) in [5.41, 5.74) is 2.98. The number of likely N-dealkylation sites (N-methyl/N-ethyl adjacent to an activating group) is 1. The van der Waals surface area contributed by atoms with Gasteiger partial charge < -0.3 is 4.90 Å². The van der Waals surface area contributed by atoms with E-state index in [1.807, 2.05) is 78.6 Å². The lowest BCUT2D eigenvalue weighted by molar-refractivity contribution is -0.120. The van der Waals surface area contributed by atoms with Gasteiger partial charge in [0.15, 0.2) is 0 Å². The van der Waals surface area contributed by atoms with Gasteiger partial charge in [-0.3, -0.25) is 9.59 Å². The minimum Gasteiger partial charge on any atom is -0.336 e. The van der Waals surface area contributed by atoms with Crippen molar-refractivity contribution < 1.29 is 9.59 Å². The quantitative estimate of drug-likeness (QED) is 0.349. The Morgan fingerprint density at radius 2 is 1.52 bits per heavy atom. The minimum atomic E-state index is -0.320. The van der Waals surface area contributed by atoms with Crippen LogP contribution in [0.3, 0.4) is 0 Å². The van der Waals surface area contributed by atoms with Crippen molar-refractivity contribution in [2.75, 3.05) is 16.3 Å². The van der Waals surface area contributed by atoms with Crippen LogP contribution in [0.1, 0.15) is 32.3 Å². The van der Waals surface area contributed by atoms with Crippen molar-refractivity contribution in [3.8, 4) is 0 Å². The normalized spacial score (nSPS) is 13.9. The smallest absolute Gasteiger partial charge is 0.283 e. The predicted octanol–water partition coefficient (Wildman–Crippen LogP) is 6.87. The molecule has 0 saturated carbocycles. The van der Waals surface area contributed by atoms with Crippen molar-refractivity contribution in [2.24, 2.45) is 0 Å². The zero-order chi connectivity index (χ0) is 23.5. The van der Waals surface area contributed by atoms with Gasteiger partial charge in [0, 0.05) is 22.2 Å². The fourth-order valence-corrected chi connectivity index (χ4v) is 4.88. The molecule has 3 aromatic rings. The zero-order valence-corrected chi connectivity index (χ0v) is 20.4. The van der Waals surface area contributed by atoms with E-state index >= 15 is 0 Å². The third-order valence-electron chi connectivity index (χ3n) is 5.52. The standard InChI is InChI=1S/C27H25ClN2O2S/c1-4-29(21-8-6-5-7-9-21)24-25(33-23-16-12-20(28)13-17-23)27(32)30(26(24)31)22-14-10-19(11-15-22)18(2)3/h5-18H,4H2,1-3H3. The maximum Gasteiger partial charge on any atom is 0.283 e. The molecule has 0 aromatic heterocycles. The molecule has 1 heterocycles. The molecule has 1 aliphatic rings. The van der Waals surface area contributed by atoms with Crippen LogP contribution < -0.4 is 9.80 Å². The highest BCUT2D eigenvalue weighted by Gasteiger charge is 2.42. The number of hydrogen-bond acceptors (Lipinski definition) is 4. The summed E-state index contributed by atoms with van der Waals surface area (Å²) in [5.74, 6) is -0.275. The summed E-state index contributed by atoms with van der Waals surface area (Å²) >= 11 is 7.33. The van der Waals surface area contributed by atoms with E-state index in [9.17, 15) is 9.59 Å². The number of carbonyl (C=O) groups is 2. The van der Waals surface area contributed by atoms with Gasteiger partial charge in [-0.05, 0) is 66.9 Å². The monoisotopic (exact) mass is 476 g/mol. The largest absolute Gasteiger partial charge is 0.336 e. The maximum absolute atomic E-state index is 13.7. The predicted molar refractivity (Wildman–Crippen MR) is 137 cm³/mol. The highest BCUT2D eigenvalue weighted by atomic mass is 35.5. The Bertz CT molecular complexity index is 1190. The van der Waals surface area contributed by atoms with Crippen molar-refractivity contribution in [1.82, 2.24) is 0 Å². The van der Waals surface area contributed by atoms with Gasteiger partial charge in [0.2, 0.25) is 0 Å². The molecule has 1 aliphatic heterocycles. The summed E-state index contributed by atoms with van der Waals surface area (Å²) in [6, 6.07) is 24.6. The summed E-state index contributed by atoms with van der Waals surface area (Å²) in [7, 11) is 0. The van der Waals surface area contributed by atoms with Gasteiger partial charge in [-0.2, -0.15) is 0 Å². The van der Waals surface area contributed by atoms with E-state index in [0.717, 1.165) is 16.1 Å². The molecule has 0 atom stereocenters. The van der Waals surface area contributed by atoms with E-state index in [1.165, 1.54) is 16.7 Å². The average Bonchev–Trinajstić information content (AvgIpc) is 3.06. The van der Waals surface area contributed by atoms with Gasteiger partial charge in [0.1, 0.15) is 10.6 Å². The van der Waals surface area contributed by atoms with E-state index in [0.29, 0.717) is 33.8 Å². The van der Waals surface area contributed by atoms with Crippen molar-refractivity contribution in [1.29, 1.82) is 0 Å². The van der Waals surface area contributed by atoms with Crippen LogP contribution in [0.4, 0.5) is 11.4 Å². The van der Waals surface area contributed by atoms with Crippen molar-refractivity contribution in [2.45, 2.75) is 31.6 Å². The van der Waals surface area contributed by atoms with Crippen LogP contribution in [0.5, 0.6) is 0 Å². The number of benzene rings is 3. The van der Waals surface area contributed by atoms with Gasteiger partial charge in [0.05, 0.1) is 5.69 Å². The molecule has 0 fully saturated rings. The zero-order valence-electron chi connectivity index (χ0n) is 18.8. The van der Waals surface area contributed by atoms with Gasteiger partial charge in [-0.15, -0.1) is 0 Å². The number of para-hydroxylation sites is 1. The number of thioether (sulfide) groups is 1. The summed E-state index contributed by atoms with van der Waals surface area (Å²) in [4.78, 5) is 31.8. The van der Waals surface area contributed by atoms with E-state index in [1.54, 1.807) is 12.1 Å². The topological polar surface area (TPSA) is 40.6 Å². The molecule has 0 unspecified atom stereocenters. The number of nitrogens with zero attached hydrogens (tertiary/aromatic N) is 2. The summed E-state index contributed by atoms with van der Waals surface area (Å²) in [6.07, 6.45) is 0. The lowest BCUT2D eigenvalue weighted by atomic mass is 10.0. The van der Waals surface area contributed by atoms with Crippen molar-refractivity contribution >= 4 is 46.6 Å². The Morgan fingerprint density at radius 3 is 2.09 bits per heavy atom. The average molecular weight is 477 g/mol. The fraction of sp³-hybridized carbons (Fsp3) is 0.185. The SMILES string of the molecule is CCN(C1=C(Sc2ccc(Cl)cc2)C(=O)N(c2ccc(C(C)C)cc2)C1=O)c1ccccc1. The second-order valence-corrected chi connectivity index (χ2v) is 9.53. The van der Waals surface area contributed by atoms with Crippen LogP contribution in [0.25, 0.3) is 0 Å². The molecule has 0 spiro atoms. The van der Waals surface area contributed by atoms with Crippen molar-refractivity contribution in [3.63, 3.8) is 0 Å². The van der Waals surface area contributed by atoms with Crippen LogP contribution in [0.2, 0.25) is 5.02 Å². The third-order valence-corrected chi connectivity index (χ3v) is 6.86. The molecule has 4 rings (SSSR count). The van der Waals surface area contributed by atoms with Crippen molar-refractivity contribution in [3.05, 3.63) is 100 Å². The van der Waals surface area contributed by atoms with Crippen LogP contribution in [-0.4, -0.2) is 18.4 Å². The van der Waals surface area contributed by atoms with Crippen LogP contribution >= 0.6 is 23.4 Å². The van der Waals surface area contributed by atoms with E-state index in [2.05, 4.69) is 13.8 Å². The van der Waals surface area contributed by atoms with E-state index in [4.69, 9.17) is 11.6 Å². The Hall–Kier alpha value is -3.02. The first-order valence-corrected chi connectivity index (χ1v) is 12.1. The van der Waals surface area contributed by atoms with Crippen LogP contribution in [0.15, 0.2) is 94.4 Å². The summed E-state index contributed by atoms with van der Waals surface area (Å²) in [5, 5.41) is 0.619. The molecule has 168 valence electrons. The Labute approximate surface area is 203 Å². The summed E-state index contributed by atoms with van der Waals surface area (Å²) in [6.45, 7) is 6.74. The fourth-order valence-electron chi connectivity index (χ4n) is 3.77. The number of anilines is 2. The van der Waals surface area contributed by atoms with Crippen LogP contribution in [-0.2, 0) is 9.59 Å². The molecule has 4 nitrogen and oxygen atoms in total. The number of amides is 2. The number of rotatable bonds is 7. The molecular weight excluding hydrogens is 452 g/mol. The number of hydrogen-bond donors (Lipinski definition) is 0. The molecule has 33 heavy (non-hydrogen) atoms. The molecule has 2 amide bonds. The van der Waals surface area contributed by atoms with Gasteiger partial charge >= 0.3 is 0 Å². The van der Waals surface area contributed by atoms with Gasteiger partial charge in [-0.25, -0.2) is 4.90 Å². The van der Waals surface area contributed by atoms with E-state index in [-0.39, 0.29) is 11.8 Å². The number of carbonyl (C=O) groups excluding carboxylic acids is 2. The minimum absolute atomic E-state index is 0.318. The Balaban J connectivity index is 1.79. The molecule has 0 aliphatic carbocycles. The highest BCUT2D eigenvalue weighted by Crippen LogP contribution is 2.40. The maximum atomic E-state index is 13.7. The first kappa shape index (κ1) is 23.1. The van der Waals surface area contributed by atoms with E-state index < -0.39 is 0 Å².